The van der Waals surface area contributed by atoms with Crippen LogP contribution in [0.25, 0.3) is 0 Å². The quantitative estimate of drug-likeness (QED) is 0.816. The molecule has 0 heterocycles. The molecule has 2 fully saturated rings. The van der Waals surface area contributed by atoms with Gasteiger partial charge in [-0.05, 0) is 31.7 Å². The van der Waals surface area contributed by atoms with Crippen molar-refractivity contribution >= 4 is 0 Å². The third-order valence-corrected chi connectivity index (χ3v) is 4.21. The highest BCUT2D eigenvalue weighted by Crippen LogP contribution is 2.65. The van der Waals surface area contributed by atoms with E-state index >= 15 is 0 Å². The molecule has 0 bridgehead atoms. The van der Waals surface area contributed by atoms with Crippen molar-refractivity contribution in [2.45, 2.75) is 36.6 Å². The van der Waals surface area contributed by atoms with Crippen LogP contribution in [0.5, 0.6) is 11.5 Å². The molecule has 86 valence electrons. The molecule has 1 aromatic carbocycles. The Hall–Kier alpha value is -1.22. The van der Waals surface area contributed by atoms with Crippen LogP contribution in [0.1, 0.15) is 31.2 Å². The van der Waals surface area contributed by atoms with Gasteiger partial charge in [0.2, 0.25) is 0 Å². The van der Waals surface area contributed by atoms with Gasteiger partial charge in [0, 0.05) is 22.6 Å². The summed E-state index contributed by atoms with van der Waals surface area (Å²) in [6.45, 7) is 0. The topological polar surface area (TPSA) is 55.5 Å². The van der Waals surface area contributed by atoms with Gasteiger partial charge in [0.25, 0.3) is 0 Å². The smallest absolute Gasteiger partial charge is 0.123 e. The Labute approximate surface area is 95.2 Å². The van der Waals surface area contributed by atoms with E-state index in [2.05, 4.69) is 0 Å². The number of rotatable bonds is 3. The summed E-state index contributed by atoms with van der Waals surface area (Å²) in [5.41, 5.74) is 7.31. The second-order valence-corrected chi connectivity index (χ2v) is 5.12. The van der Waals surface area contributed by atoms with Gasteiger partial charge in [-0.2, -0.15) is 0 Å². The minimum Gasteiger partial charge on any atom is -0.508 e. The Morgan fingerprint density at radius 3 is 2.38 bits per heavy atom. The van der Waals surface area contributed by atoms with Gasteiger partial charge in [-0.25, -0.2) is 0 Å². The molecule has 3 rings (SSSR count). The Morgan fingerprint density at radius 2 is 1.94 bits per heavy atom. The van der Waals surface area contributed by atoms with E-state index in [0.717, 1.165) is 31.2 Å². The molecule has 0 aliphatic heterocycles. The molecule has 0 amide bonds. The Kier molecular flexibility index (Phi) is 1.82. The summed E-state index contributed by atoms with van der Waals surface area (Å²) in [6.07, 6.45) is 4.36. The number of aromatic hydroxyl groups is 1. The van der Waals surface area contributed by atoms with Crippen LogP contribution in [-0.4, -0.2) is 17.8 Å². The third-order valence-electron chi connectivity index (χ3n) is 4.21. The fraction of sp³-hybridized carbons (Fsp3) is 0.538. The van der Waals surface area contributed by atoms with Crippen LogP contribution in [0.4, 0.5) is 0 Å². The standard InChI is InChI=1S/C13H17NO2/c1-16-9-2-3-10(11(15)8-9)12(4-5-12)13(14)6-7-13/h2-3,8,15H,4-7,14H2,1H3. The molecular formula is C13H17NO2. The van der Waals surface area contributed by atoms with Crippen LogP contribution < -0.4 is 10.5 Å². The van der Waals surface area contributed by atoms with Gasteiger partial charge in [0.05, 0.1) is 7.11 Å². The number of methoxy groups -OCH3 is 1. The zero-order chi connectivity index (χ0) is 11.4. The highest BCUT2D eigenvalue weighted by atomic mass is 16.5. The second kappa shape index (κ2) is 2.92. The Balaban J connectivity index is 2.01. The van der Waals surface area contributed by atoms with E-state index in [0.29, 0.717) is 11.5 Å². The van der Waals surface area contributed by atoms with Crippen LogP contribution in [-0.2, 0) is 5.41 Å². The summed E-state index contributed by atoms with van der Waals surface area (Å²) >= 11 is 0. The molecule has 0 radical (unpaired) electrons. The summed E-state index contributed by atoms with van der Waals surface area (Å²) in [6, 6.07) is 5.55. The summed E-state index contributed by atoms with van der Waals surface area (Å²) < 4.78 is 5.09. The molecule has 0 aromatic heterocycles. The van der Waals surface area contributed by atoms with Gasteiger partial charge < -0.3 is 15.6 Å². The largest absolute Gasteiger partial charge is 0.508 e. The monoisotopic (exact) mass is 219 g/mol. The average molecular weight is 219 g/mol. The lowest BCUT2D eigenvalue weighted by atomic mass is 9.85. The maximum Gasteiger partial charge on any atom is 0.123 e. The predicted octanol–water partition coefficient (Wildman–Crippen LogP) is 1.92. The fourth-order valence-electron chi connectivity index (χ4n) is 2.82. The molecule has 0 saturated heterocycles. The van der Waals surface area contributed by atoms with Crippen LogP contribution in [0.3, 0.4) is 0 Å². The number of ether oxygens (including phenoxy) is 1. The molecule has 1 aromatic rings. The highest BCUT2D eigenvalue weighted by Gasteiger charge is 2.64. The van der Waals surface area contributed by atoms with Crippen LogP contribution in [0.15, 0.2) is 18.2 Å². The summed E-state index contributed by atoms with van der Waals surface area (Å²) in [4.78, 5) is 0. The van der Waals surface area contributed by atoms with E-state index in [1.54, 1.807) is 13.2 Å². The maximum atomic E-state index is 10.1. The zero-order valence-corrected chi connectivity index (χ0v) is 9.49. The second-order valence-electron chi connectivity index (χ2n) is 5.12. The lowest BCUT2D eigenvalue weighted by Crippen LogP contribution is -2.37. The first-order valence-electron chi connectivity index (χ1n) is 5.78. The number of benzene rings is 1. The molecule has 16 heavy (non-hydrogen) atoms. The molecule has 2 aliphatic rings. The van der Waals surface area contributed by atoms with E-state index in [9.17, 15) is 5.11 Å². The van der Waals surface area contributed by atoms with Gasteiger partial charge in [-0.1, -0.05) is 6.07 Å². The molecule has 0 unspecified atom stereocenters. The first-order valence-corrected chi connectivity index (χ1v) is 5.78. The molecule has 0 atom stereocenters. The molecule has 2 saturated carbocycles. The number of phenols is 1. The molecule has 3 heteroatoms. The van der Waals surface area contributed by atoms with Crippen molar-refractivity contribution in [2.24, 2.45) is 5.73 Å². The van der Waals surface area contributed by atoms with Gasteiger partial charge in [0.15, 0.2) is 0 Å². The maximum absolute atomic E-state index is 10.1. The first-order chi connectivity index (χ1) is 7.61. The Bertz CT molecular complexity index is 434. The zero-order valence-electron chi connectivity index (χ0n) is 9.49. The summed E-state index contributed by atoms with van der Waals surface area (Å²) in [5.74, 6) is 1.02. The Morgan fingerprint density at radius 1 is 1.25 bits per heavy atom. The molecular weight excluding hydrogens is 202 g/mol. The number of nitrogens with two attached hydrogens (primary N) is 1. The lowest BCUT2D eigenvalue weighted by Gasteiger charge is -2.24. The van der Waals surface area contributed by atoms with Crippen molar-refractivity contribution in [3.63, 3.8) is 0 Å². The molecule has 3 nitrogen and oxygen atoms in total. The van der Waals surface area contributed by atoms with Gasteiger partial charge in [-0.15, -0.1) is 0 Å². The van der Waals surface area contributed by atoms with E-state index in [-0.39, 0.29) is 11.0 Å². The molecule has 0 spiro atoms. The number of phenolic OH excluding ortho intramolecular Hbond substituents is 1. The van der Waals surface area contributed by atoms with Crippen LogP contribution in [0.2, 0.25) is 0 Å². The minimum atomic E-state index is -0.0565. The van der Waals surface area contributed by atoms with Crippen molar-refractivity contribution in [3.8, 4) is 11.5 Å². The van der Waals surface area contributed by atoms with Crippen molar-refractivity contribution in [2.75, 3.05) is 7.11 Å². The molecule has 3 N–H and O–H groups in total. The van der Waals surface area contributed by atoms with E-state index in [1.165, 1.54) is 0 Å². The van der Waals surface area contributed by atoms with E-state index in [1.807, 2.05) is 12.1 Å². The minimum absolute atomic E-state index is 0.0450. The summed E-state index contributed by atoms with van der Waals surface area (Å²) in [5, 5.41) is 10.1. The highest BCUT2D eigenvalue weighted by molar-refractivity contribution is 5.50. The van der Waals surface area contributed by atoms with Crippen molar-refractivity contribution < 1.29 is 9.84 Å². The third kappa shape index (κ3) is 1.18. The van der Waals surface area contributed by atoms with Crippen LogP contribution >= 0.6 is 0 Å². The van der Waals surface area contributed by atoms with E-state index in [4.69, 9.17) is 10.5 Å². The average Bonchev–Trinajstić information content (AvgIpc) is 3.14. The lowest BCUT2D eigenvalue weighted by molar-refractivity contribution is 0.400. The first kappa shape index (κ1) is 9.97. The van der Waals surface area contributed by atoms with Crippen LogP contribution in [0, 0.1) is 0 Å². The predicted molar refractivity (Wildman–Crippen MR) is 61.7 cm³/mol. The number of hydrogen-bond acceptors (Lipinski definition) is 3. The molecule has 2 aliphatic carbocycles. The SMILES string of the molecule is COc1ccc(C2(C3(N)CC3)CC2)c(O)c1. The number of hydrogen-bond donors (Lipinski definition) is 2. The summed E-state index contributed by atoms with van der Waals surface area (Å²) in [7, 11) is 1.60. The van der Waals surface area contributed by atoms with Crippen molar-refractivity contribution in [3.05, 3.63) is 23.8 Å². The van der Waals surface area contributed by atoms with Crippen molar-refractivity contribution in [1.29, 1.82) is 0 Å². The normalized spacial score (nSPS) is 23.9. The van der Waals surface area contributed by atoms with E-state index < -0.39 is 0 Å². The van der Waals surface area contributed by atoms with Crippen molar-refractivity contribution in [1.82, 2.24) is 0 Å². The van der Waals surface area contributed by atoms with Gasteiger partial charge in [-0.3, -0.25) is 0 Å². The van der Waals surface area contributed by atoms with Gasteiger partial charge >= 0.3 is 0 Å². The fourth-order valence-corrected chi connectivity index (χ4v) is 2.82. The van der Waals surface area contributed by atoms with Gasteiger partial charge in [0.1, 0.15) is 11.5 Å².